The molecule has 2 atom stereocenters. The molecule has 1 heterocycles. The summed E-state index contributed by atoms with van der Waals surface area (Å²) in [7, 11) is 0. The number of benzene rings is 1. The maximum Gasteiger partial charge on any atom is 0.331 e. The van der Waals surface area contributed by atoms with Gasteiger partial charge in [-0.2, -0.15) is 0 Å². The summed E-state index contributed by atoms with van der Waals surface area (Å²) in [5.41, 5.74) is 0.528. The van der Waals surface area contributed by atoms with Gasteiger partial charge in [-0.3, -0.25) is 4.79 Å². The number of esters is 1. The van der Waals surface area contributed by atoms with E-state index in [1.165, 1.54) is 12.2 Å². The lowest BCUT2D eigenvalue weighted by atomic mass is 10.2. The minimum Gasteiger partial charge on any atom is -0.452 e. The van der Waals surface area contributed by atoms with Gasteiger partial charge in [0, 0.05) is 34.8 Å². The smallest absolute Gasteiger partial charge is 0.331 e. The maximum atomic E-state index is 12.1. The minimum absolute atomic E-state index is 0.0318. The molecule has 0 aliphatic carbocycles. The summed E-state index contributed by atoms with van der Waals surface area (Å²) < 4.78 is 10.5. The van der Waals surface area contributed by atoms with E-state index in [0.717, 1.165) is 0 Å². The molecule has 130 valence electrons. The van der Waals surface area contributed by atoms with E-state index >= 15 is 0 Å². The highest BCUT2D eigenvalue weighted by atomic mass is 35.5. The van der Waals surface area contributed by atoms with Crippen LogP contribution >= 0.6 is 23.2 Å². The van der Waals surface area contributed by atoms with Crippen molar-refractivity contribution in [3.05, 3.63) is 39.9 Å². The zero-order chi connectivity index (χ0) is 17.7. The number of ether oxygens (including phenoxy) is 2. The van der Waals surface area contributed by atoms with Crippen molar-refractivity contribution < 1.29 is 19.1 Å². The second kappa shape index (κ2) is 8.51. The van der Waals surface area contributed by atoms with Crippen LogP contribution in [0.25, 0.3) is 6.08 Å². The molecular formula is C17H19Cl2NO4. The number of halogens is 2. The number of carbonyl (C=O) groups excluding carboxylic acids is 2. The molecule has 1 aromatic rings. The predicted octanol–water partition coefficient (Wildman–Crippen LogP) is 3.19. The normalized spacial score (nSPS) is 21.1. The van der Waals surface area contributed by atoms with Crippen LogP contribution in [0.4, 0.5) is 0 Å². The van der Waals surface area contributed by atoms with Crippen molar-refractivity contribution in [1.29, 1.82) is 0 Å². The van der Waals surface area contributed by atoms with E-state index in [0.29, 0.717) is 28.7 Å². The average molecular weight is 372 g/mol. The fraction of sp³-hybridized carbons (Fsp3) is 0.412. The molecule has 0 bridgehead atoms. The second-order valence-electron chi connectivity index (χ2n) is 5.63. The minimum atomic E-state index is -0.631. The quantitative estimate of drug-likeness (QED) is 0.602. The highest BCUT2D eigenvalue weighted by Crippen LogP contribution is 2.25. The lowest BCUT2D eigenvalue weighted by Gasteiger charge is -2.35. The molecule has 2 rings (SSSR count). The third-order valence-corrected chi connectivity index (χ3v) is 4.16. The molecule has 1 aliphatic rings. The average Bonchev–Trinajstić information content (AvgIpc) is 2.51. The first-order valence-electron chi connectivity index (χ1n) is 7.59. The lowest BCUT2D eigenvalue weighted by Crippen LogP contribution is -2.49. The van der Waals surface area contributed by atoms with Gasteiger partial charge >= 0.3 is 5.97 Å². The van der Waals surface area contributed by atoms with E-state index < -0.39 is 5.97 Å². The van der Waals surface area contributed by atoms with Crippen molar-refractivity contribution in [3.63, 3.8) is 0 Å². The van der Waals surface area contributed by atoms with Crippen molar-refractivity contribution in [2.75, 3.05) is 19.7 Å². The molecule has 0 aromatic heterocycles. The van der Waals surface area contributed by atoms with Gasteiger partial charge < -0.3 is 14.4 Å². The molecule has 1 aliphatic heterocycles. The molecule has 0 N–H and O–H groups in total. The summed E-state index contributed by atoms with van der Waals surface area (Å²) in [6.45, 7) is 4.48. The van der Waals surface area contributed by atoms with Crippen LogP contribution in [0.3, 0.4) is 0 Å². The van der Waals surface area contributed by atoms with Crippen molar-refractivity contribution in [3.8, 4) is 0 Å². The van der Waals surface area contributed by atoms with Gasteiger partial charge in [0.15, 0.2) is 6.61 Å². The van der Waals surface area contributed by atoms with E-state index in [1.807, 2.05) is 13.8 Å². The molecule has 1 amide bonds. The van der Waals surface area contributed by atoms with Crippen molar-refractivity contribution in [2.45, 2.75) is 26.1 Å². The number of morpholine rings is 1. The molecular weight excluding hydrogens is 353 g/mol. The Morgan fingerprint density at radius 2 is 1.83 bits per heavy atom. The third-order valence-electron chi connectivity index (χ3n) is 3.50. The van der Waals surface area contributed by atoms with E-state index in [1.54, 1.807) is 23.1 Å². The topological polar surface area (TPSA) is 55.8 Å². The molecule has 1 aromatic carbocycles. The number of carbonyl (C=O) groups is 2. The molecule has 7 heteroatoms. The summed E-state index contributed by atoms with van der Waals surface area (Å²) in [4.78, 5) is 25.5. The van der Waals surface area contributed by atoms with Crippen LogP contribution in [0.1, 0.15) is 19.4 Å². The monoisotopic (exact) mass is 371 g/mol. The van der Waals surface area contributed by atoms with Crippen LogP contribution in [0.15, 0.2) is 24.3 Å². The Kier molecular flexibility index (Phi) is 6.66. The van der Waals surface area contributed by atoms with Gasteiger partial charge in [0.05, 0.1) is 12.2 Å². The molecule has 0 saturated carbocycles. The van der Waals surface area contributed by atoms with Gasteiger partial charge in [0.25, 0.3) is 5.91 Å². The van der Waals surface area contributed by atoms with Crippen LogP contribution in [0, 0.1) is 0 Å². The Hall–Kier alpha value is -1.56. The highest BCUT2D eigenvalue weighted by molar-refractivity contribution is 6.37. The van der Waals surface area contributed by atoms with Crippen molar-refractivity contribution in [2.24, 2.45) is 0 Å². The van der Waals surface area contributed by atoms with Gasteiger partial charge in [-0.1, -0.05) is 29.3 Å². The molecule has 1 fully saturated rings. The number of nitrogens with zero attached hydrogens (tertiary/aromatic N) is 1. The van der Waals surface area contributed by atoms with Gasteiger partial charge in [-0.15, -0.1) is 0 Å². The molecule has 0 spiro atoms. The molecule has 0 unspecified atom stereocenters. The first-order chi connectivity index (χ1) is 11.4. The van der Waals surface area contributed by atoms with Gasteiger partial charge in [-0.25, -0.2) is 4.79 Å². The van der Waals surface area contributed by atoms with E-state index in [-0.39, 0.29) is 24.7 Å². The summed E-state index contributed by atoms with van der Waals surface area (Å²) in [6.07, 6.45) is 2.60. The van der Waals surface area contributed by atoms with E-state index in [2.05, 4.69) is 0 Å². The lowest BCUT2D eigenvalue weighted by molar-refractivity contribution is -0.154. The first kappa shape index (κ1) is 18.8. The van der Waals surface area contributed by atoms with Crippen LogP contribution in [0.2, 0.25) is 10.0 Å². The number of hydrogen-bond acceptors (Lipinski definition) is 4. The summed E-state index contributed by atoms with van der Waals surface area (Å²) in [6, 6.07) is 5.05. The van der Waals surface area contributed by atoms with Crippen molar-refractivity contribution in [1.82, 2.24) is 4.90 Å². The summed E-state index contributed by atoms with van der Waals surface area (Å²) in [5, 5.41) is 0.859. The Bertz CT molecular complexity index is 617. The Morgan fingerprint density at radius 3 is 2.42 bits per heavy atom. The van der Waals surface area contributed by atoms with Gasteiger partial charge in [0.2, 0.25) is 0 Å². The van der Waals surface area contributed by atoms with Gasteiger partial charge in [-0.05, 0) is 32.1 Å². The molecule has 24 heavy (non-hydrogen) atoms. The molecule has 5 nitrogen and oxygen atoms in total. The highest BCUT2D eigenvalue weighted by Gasteiger charge is 2.26. The number of amides is 1. The number of hydrogen-bond donors (Lipinski definition) is 0. The zero-order valence-electron chi connectivity index (χ0n) is 13.5. The Balaban J connectivity index is 1.87. The molecule has 1 saturated heterocycles. The summed E-state index contributed by atoms with van der Waals surface area (Å²) in [5.74, 6) is -0.872. The Morgan fingerprint density at radius 1 is 1.25 bits per heavy atom. The fourth-order valence-corrected chi connectivity index (χ4v) is 3.00. The molecule has 0 radical (unpaired) electrons. The van der Waals surface area contributed by atoms with Crippen LogP contribution in [0.5, 0.6) is 0 Å². The summed E-state index contributed by atoms with van der Waals surface area (Å²) >= 11 is 12.0. The van der Waals surface area contributed by atoms with Crippen LogP contribution in [-0.4, -0.2) is 48.7 Å². The fourth-order valence-electron chi connectivity index (χ4n) is 2.48. The van der Waals surface area contributed by atoms with E-state index in [9.17, 15) is 9.59 Å². The van der Waals surface area contributed by atoms with E-state index in [4.69, 9.17) is 32.7 Å². The standard InChI is InChI=1S/C17H19Cl2NO4/c1-11-8-20(9-12(2)24-11)16(21)10-23-17(22)7-6-13-14(18)4-3-5-15(13)19/h3-7,11-12H,8-10H2,1-2H3/b7-6+/t11-,12+. The third kappa shape index (κ3) is 5.23. The Labute approximate surface area is 151 Å². The second-order valence-corrected chi connectivity index (χ2v) is 6.45. The number of rotatable bonds is 4. The van der Waals surface area contributed by atoms with Crippen molar-refractivity contribution >= 4 is 41.2 Å². The van der Waals surface area contributed by atoms with Crippen LogP contribution < -0.4 is 0 Å². The maximum absolute atomic E-state index is 12.1. The zero-order valence-corrected chi connectivity index (χ0v) is 15.0. The first-order valence-corrected chi connectivity index (χ1v) is 8.34. The largest absolute Gasteiger partial charge is 0.452 e. The SMILES string of the molecule is C[C@@H]1CN(C(=O)COC(=O)/C=C/c2c(Cl)cccc2Cl)C[C@H](C)O1. The predicted molar refractivity (Wildman–Crippen MR) is 93.0 cm³/mol. The van der Waals surface area contributed by atoms with Gasteiger partial charge in [0.1, 0.15) is 0 Å². The van der Waals surface area contributed by atoms with Crippen LogP contribution in [-0.2, 0) is 19.1 Å².